The van der Waals surface area contributed by atoms with Gasteiger partial charge in [-0.05, 0) is 31.0 Å². The Morgan fingerprint density at radius 3 is 2.83 bits per heavy atom. The molecule has 0 radical (unpaired) electrons. The summed E-state index contributed by atoms with van der Waals surface area (Å²) in [4.78, 5) is 30.7. The number of anilines is 2. The van der Waals surface area contributed by atoms with Gasteiger partial charge in [0, 0.05) is 54.7 Å². The van der Waals surface area contributed by atoms with Crippen LogP contribution in [-0.2, 0) is 4.74 Å². The normalized spacial score (nSPS) is 20.2. The number of rotatable bonds is 4. The lowest BCUT2D eigenvalue weighted by molar-refractivity contribution is 0.0906. The zero-order valence-electron chi connectivity index (χ0n) is 16.2. The zero-order chi connectivity index (χ0) is 19.6. The van der Waals surface area contributed by atoms with E-state index in [2.05, 4.69) is 43.0 Å². The van der Waals surface area contributed by atoms with Crippen LogP contribution in [0.1, 0.15) is 22.6 Å². The first-order valence-corrected chi connectivity index (χ1v) is 10.9. The number of thiazole rings is 1. The Hall–Kier alpha value is -2.58. The van der Waals surface area contributed by atoms with E-state index in [9.17, 15) is 4.79 Å². The van der Waals surface area contributed by atoms with Crippen molar-refractivity contribution in [2.24, 2.45) is 5.92 Å². The average molecular weight is 410 g/mol. The quantitative estimate of drug-likeness (QED) is 0.614. The highest BCUT2D eigenvalue weighted by atomic mass is 32.1. The Kier molecular flexibility index (Phi) is 5.12. The van der Waals surface area contributed by atoms with Gasteiger partial charge in [-0.1, -0.05) is 0 Å². The van der Waals surface area contributed by atoms with Crippen LogP contribution in [0.2, 0.25) is 0 Å². The standard InChI is InChI=1S/C21H23N5O2S/c27-19(21-22-5-11-29-21)15-2-1-6-26(13-15)20-17-4-3-16(12-18(17)23-14-24-20)25-7-9-28-10-8-25/h3-5,11-12,14-15H,1-2,6-10,13H2. The molecule has 1 unspecified atom stereocenters. The molecule has 5 rings (SSSR count). The van der Waals surface area contributed by atoms with Crippen LogP contribution in [0.25, 0.3) is 10.9 Å². The molecule has 0 aliphatic carbocycles. The maximum absolute atomic E-state index is 12.8. The van der Waals surface area contributed by atoms with Gasteiger partial charge in [0.1, 0.15) is 12.1 Å². The molecule has 8 heteroatoms. The number of benzene rings is 1. The molecular formula is C21H23N5O2S. The maximum Gasteiger partial charge on any atom is 0.196 e. The van der Waals surface area contributed by atoms with E-state index in [1.54, 1.807) is 12.5 Å². The molecule has 2 aliphatic rings. The number of Topliss-reactive ketones (excluding diaryl/α,β-unsaturated/α-hetero) is 1. The van der Waals surface area contributed by atoms with Crippen LogP contribution in [0.4, 0.5) is 11.5 Å². The summed E-state index contributed by atoms with van der Waals surface area (Å²) in [5.74, 6) is 1.03. The van der Waals surface area contributed by atoms with Crippen LogP contribution in [0.3, 0.4) is 0 Å². The van der Waals surface area contributed by atoms with Gasteiger partial charge in [0.2, 0.25) is 0 Å². The zero-order valence-corrected chi connectivity index (χ0v) is 17.0. The molecule has 1 atom stereocenters. The maximum atomic E-state index is 12.8. The van der Waals surface area contributed by atoms with Crippen molar-refractivity contribution >= 4 is 39.5 Å². The monoisotopic (exact) mass is 409 g/mol. The van der Waals surface area contributed by atoms with Crippen molar-refractivity contribution in [1.29, 1.82) is 0 Å². The highest BCUT2D eigenvalue weighted by molar-refractivity contribution is 7.11. The van der Waals surface area contributed by atoms with E-state index in [1.807, 2.05) is 5.38 Å². The molecule has 0 saturated carbocycles. The predicted octanol–water partition coefficient (Wildman–Crippen LogP) is 3.02. The fourth-order valence-electron chi connectivity index (χ4n) is 4.20. The number of ketones is 1. The van der Waals surface area contributed by atoms with E-state index in [0.717, 1.165) is 62.4 Å². The summed E-state index contributed by atoms with van der Waals surface area (Å²) in [7, 11) is 0. The van der Waals surface area contributed by atoms with Gasteiger partial charge in [-0.3, -0.25) is 4.79 Å². The molecule has 150 valence electrons. The minimum absolute atomic E-state index is 0.0347. The van der Waals surface area contributed by atoms with E-state index in [4.69, 9.17) is 4.74 Å². The topological polar surface area (TPSA) is 71.5 Å². The van der Waals surface area contributed by atoms with E-state index in [1.165, 1.54) is 17.0 Å². The minimum atomic E-state index is -0.0347. The van der Waals surface area contributed by atoms with Crippen LogP contribution in [-0.4, -0.2) is 60.1 Å². The Bertz CT molecular complexity index is 1000. The highest BCUT2D eigenvalue weighted by Gasteiger charge is 2.29. The molecule has 3 aromatic rings. The first kappa shape index (κ1) is 18.4. The van der Waals surface area contributed by atoms with E-state index >= 15 is 0 Å². The molecular weight excluding hydrogens is 386 g/mol. The van der Waals surface area contributed by atoms with Gasteiger partial charge in [0.05, 0.1) is 18.7 Å². The molecule has 2 aromatic heterocycles. The molecule has 1 aromatic carbocycles. The van der Waals surface area contributed by atoms with Gasteiger partial charge in [-0.2, -0.15) is 0 Å². The molecule has 2 fully saturated rings. The Labute approximate surface area is 173 Å². The summed E-state index contributed by atoms with van der Waals surface area (Å²) in [6.07, 6.45) is 5.20. The van der Waals surface area contributed by atoms with E-state index in [-0.39, 0.29) is 11.7 Å². The third kappa shape index (κ3) is 3.70. The SMILES string of the molecule is O=C(c1nccs1)C1CCCN(c2ncnc3cc(N4CCOCC4)ccc23)C1. The van der Waals surface area contributed by atoms with Crippen LogP contribution in [0, 0.1) is 5.92 Å². The Morgan fingerprint density at radius 1 is 1.10 bits per heavy atom. The van der Waals surface area contributed by atoms with Gasteiger partial charge in [0.15, 0.2) is 10.8 Å². The number of fused-ring (bicyclic) bond motifs is 1. The number of ether oxygens (including phenoxy) is 1. The molecule has 0 amide bonds. The lowest BCUT2D eigenvalue weighted by Gasteiger charge is -2.33. The average Bonchev–Trinajstić information content (AvgIpc) is 3.33. The van der Waals surface area contributed by atoms with Gasteiger partial charge in [0.25, 0.3) is 0 Å². The molecule has 2 aliphatic heterocycles. The van der Waals surface area contributed by atoms with Crippen molar-refractivity contribution in [3.63, 3.8) is 0 Å². The smallest absolute Gasteiger partial charge is 0.196 e. The van der Waals surface area contributed by atoms with E-state index in [0.29, 0.717) is 11.6 Å². The number of piperidine rings is 1. The Balaban J connectivity index is 1.41. The number of hydrogen-bond acceptors (Lipinski definition) is 8. The summed E-state index contributed by atoms with van der Waals surface area (Å²) in [6, 6.07) is 6.39. The van der Waals surface area contributed by atoms with Crippen molar-refractivity contribution < 1.29 is 9.53 Å². The summed E-state index contributed by atoms with van der Waals surface area (Å²) < 4.78 is 5.46. The van der Waals surface area contributed by atoms with Gasteiger partial charge >= 0.3 is 0 Å². The molecule has 4 heterocycles. The minimum Gasteiger partial charge on any atom is -0.378 e. The summed E-state index contributed by atoms with van der Waals surface area (Å²) >= 11 is 1.42. The summed E-state index contributed by atoms with van der Waals surface area (Å²) in [5.41, 5.74) is 2.10. The highest BCUT2D eigenvalue weighted by Crippen LogP contribution is 2.31. The van der Waals surface area contributed by atoms with Crippen molar-refractivity contribution in [2.45, 2.75) is 12.8 Å². The van der Waals surface area contributed by atoms with Crippen molar-refractivity contribution in [3.05, 3.63) is 41.1 Å². The third-order valence-corrected chi connectivity index (χ3v) is 6.50. The van der Waals surface area contributed by atoms with Gasteiger partial charge in [-0.25, -0.2) is 15.0 Å². The molecule has 7 nitrogen and oxygen atoms in total. The molecule has 0 spiro atoms. The van der Waals surface area contributed by atoms with Crippen molar-refractivity contribution in [1.82, 2.24) is 15.0 Å². The Morgan fingerprint density at radius 2 is 2.00 bits per heavy atom. The van der Waals surface area contributed by atoms with Crippen molar-refractivity contribution in [3.8, 4) is 0 Å². The van der Waals surface area contributed by atoms with Crippen LogP contribution < -0.4 is 9.80 Å². The second kappa shape index (κ2) is 8.04. The molecule has 29 heavy (non-hydrogen) atoms. The van der Waals surface area contributed by atoms with Gasteiger partial charge in [-0.15, -0.1) is 11.3 Å². The first-order chi connectivity index (χ1) is 14.3. The molecule has 0 N–H and O–H groups in total. The lowest BCUT2D eigenvalue weighted by atomic mass is 9.93. The second-order valence-corrected chi connectivity index (χ2v) is 8.38. The molecule has 0 bridgehead atoms. The van der Waals surface area contributed by atoms with E-state index < -0.39 is 0 Å². The summed E-state index contributed by atoms with van der Waals surface area (Å²) in [6.45, 7) is 4.89. The fraction of sp³-hybridized carbons (Fsp3) is 0.429. The predicted molar refractivity (Wildman–Crippen MR) is 114 cm³/mol. The number of aromatic nitrogens is 3. The number of hydrogen-bond donors (Lipinski definition) is 0. The lowest BCUT2D eigenvalue weighted by Crippen LogP contribution is -2.39. The number of carbonyl (C=O) groups excluding carboxylic acids is 1. The van der Waals surface area contributed by atoms with Crippen LogP contribution >= 0.6 is 11.3 Å². The third-order valence-electron chi connectivity index (χ3n) is 5.71. The first-order valence-electron chi connectivity index (χ1n) is 10.1. The largest absolute Gasteiger partial charge is 0.378 e. The van der Waals surface area contributed by atoms with Gasteiger partial charge < -0.3 is 14.5 Å². The summed E-state index contributed by atoms with van der Waals surface area (Å²) in [5, 5.41) is 3.50. The van der Waals surface area contributed by atoms with Crippen molar-refractivity contribution in [2.75, 3.05) is 49.2 Å². The fourth-order valence-corrected chi connectivity index (χ4v) is 4.86. The van der Waals surface area contributed by atoms with Crippen LogP contribution in [0.5, 0.6) is 0 Å². The number of carbonyl (C=O) groups is 1. The second-order valence-electron chi connectivity index (χ2n) is 7.48. The van der Waals surface area contributed by atoms with Crippen LogP contribution in [0.15, 0.2) is 36.1 Å². The molecule has 2 saturated heterocycles. The number of morpholine rings is 1. The number of nitrogens with zero attached hydrogens (tertiary/aromatic N) is 5.